The lowest BCUT2D eigenvalue weighted by Crippen LogP contribution is -2.30. The molecule has 1 saturated heterocycles. The highest BCUT2D eigenvalue weighted by Gasteiger charge is 2.47. The highest BCUT2D eigenvalue weighted by molar-refractivity contribution is 7.10. The van der Waals surface area contributed by atoms with E-state index in [2.05, 4.69) is 6.92 Å². The Morgan fingerprint density at radius 1 is 1.26 bits per heavy atom. The van der Waals surface area contributed by atoms with E-state index in [1.165, 1.54) is 10.4 Å². The molecule has 0 bridgehead atoms. The lowest BCUT2D eigenvalue weighted by molar-refractivity contribution is -0.142. The van der Waals surface area contributed by atoms with E-state index in [1.807, 2.05) is 10.3 Å². The molecule has 2 fully saturated rings. The number of carboxylic acids is 1. The number of carbonyl (C=O) groups is 2. The van der Waals surface area contributed by atoms with Crippen LogP contribution in [0, 0.1) is 23.7 Å². The van der Waals surface area contributed by atoms with Crippen molar-refractivity contribution < 1.29 is 14.7 Å². The molecule has 1 saturated carbocycles. The summed E-state index contributed by atoms with van der Waals surface area (Å²) in [5.41, 5.74) is 2.08. The molecule has 4 rings (SSSR count). The first-order chi connectivity index (χ1) is 11.0. The zero-order valence-electron chi connectivity index (χ0n) is 13.5. The molecule has 1 aromatic heterocycles. The number of likely N-dealkylation sites (tertiary alicyclic amines) is 1. The molecule has 3 atom stereocenters. The van der Waals surface area contributed by atoms with Crippen LogP contribution in [0.3, 0.4) is 0 Å². The topological polar surface area (TPSA) is 57.6 Å². The average Bonchev–Trinajstić information content (AvgIpc) is 3.12. The minimum atomic E-state index is -0.738. The van der Waals surface area contributed by atoms with E-state index in [0.717, 1.165) is 37.7 Å². The summed E-state index contributed by atoms with van der Waals surface area (Å²) >= 11 is 1.71. The van der Waals surface area contributed by atoms with Crippen molar-refractivity contribution in [2.24, 2.45) is 23.7 Å². The number of thiophene rings is 1. The smallest absolute Gasteiger partial charge is 0.308 e. The molecule has 1 unspecified atom stereocenters. The van der Waals surface area contributed by atoms with Gasteiger partial charge >= 0.3 is 5.97 Å². The van der Waals surface area contributed by atoms with Gasteiger partial charge in [0.25, 0.3) is 5.91 Å². The number of aliphatic carboxylic acids is 1. The zero-order chi connectivity index (χ0) is 16.1. The largest absolute Gasteiger partial charge is 0.481 e. The predicted molar refractivity (Wildman–Crippen MR) is 88.8 cm³/mol. The van der Waals surface area contributed by atoms with Gasteiger partial charge in [0.05, 0.1) is 11.5 Å². The molecule has 5 heteroatoms. The maximum absolute atomic E-state index is 13.0. The van der Waals surface area contributed by atoms with Gasteiger partial charge in [-0.05, 0) is 55.4 Å². The summed E-state index contributed by atoms with van der Waals surface area (Å²) in [4.78, 5) is 27.7. The molecule has 1 N–H and O–H groups in total. The molecule has 1 amide bonds. The lowest BCUT2D eigenvalue weighted by atomic mass is 9.88. The van der Waals surface area contributed by atoms with Gasteiger partial charge in [-0.2, -0.15) is 0 Å². The van der Waals surface area contributed by atoms with Gasteiger partial charge < -0.3 is 10.0 Å². The van der Waals surface area contributed by atoms with Crippen LogP contribution in [0.5, 0.6) is 0 Å². The van der Waals surface area contributed by atoms with Crippen molar-refractivity contribution in [1.82, 2.24) is 4.90 Å². The summed E-state index contributed by atoms with van der Waals surface area (Å²) in [7, 11) is 0. The van der Waals surface area contributed by atoms with Crippen LogP contribution in [0.2, 0.25) is 0 Å². The molecule has 0 aromatic carbocycles. The molecule has 0 radical (unpaired) electrons. The average molecular weight is 333 g/mol. The van der Waals surface area contributed by atoms with Crippen LogP contribution < -0.4 is 0 Å². The van der Waals surface area contributed by atoms with E-state index in [-0.39, 0.29) is 17.7 Å². The maximum atomic E-state index is 13.0. The number of rotatable bonds is 3. The lowest BCUT2D eigenvalue weighted by Gasteiger charge is -2.21. The van der Waals surface area contributed by atoms with Crippen molar-refractivity contribution in [3.8, 4) is 0 Å². The van der Waals surface area contributed by atoms with E-state index < -0.39 is 5.97 Å². The number of nitrogens with zero attached hydrogens (tertiary/aromatic N) is 1. The minimum Gasteiger partial charge on any atom is -0.481 e. The molecule has 124 valence electrons. The number of hydrogen-bond acceptors (Lipinski definition) is 3. The fourth-order valence-electron chi connectivity index (χ4n) is 4.29. The second-order valence-corrected chi connectivity index (χ2v) is 8.52. The monoisotopic (exact) mass is 333 g/mol. The molecule has 2 heterocycles. The first kappa shape index (κ1) is 15.2. The van der Waals surface area contributed by atoms with Gasteiger partial charge in [0, 0.05) is 23.3 Å². The zero-order valence-corrected chi connectivity index (χ0v) is 14.3. The summed E-state index contributed by atoms with van der Waals surface area (Å²) in [5.74, 6) is 0.328. The maximum Gasteiger partial charge on any atom is 0.308 e. The van der Waals surface area contributed by atoms with Gasteiger partial charge in [0.2, 0.25) is 0 Å². The Balaban J connectivity index is 1.55. The Morgan fingerprint density at radius 2 is 2.04 bits per heavy atom. The summed E-state index contributed by atoms with van der Waals surface area (Å²) < 4.78 is 0. The molecular formula is C18H23NO3S. The van der Waals surface area contributed by atoms with Crippen LogP contribution in [0.1, 0.15) is 47.0 Å². The van der Waals surface area contributed by atoms with Crippen LogP contribution >= 0.6 is 11.3 Å². The standard InChI is InChI=1S/C18H23NO3S/c1-10-2-5-12-15(9-23-16(12)6-10)17(20)19-7-13(11-3-4-11)14(8-19)18(21)22/h9-11,13-14H,2-8H2,1H3,(H,21,22)/t10?,13-,14+/m1/s1. The van der Waals surface area contributed by atoms with E-state index >= 15 is 0 Å². The molecule has 4 nitrogen and oxygen atoms in total. The second-order valence-electron chi connectivity index (χ2n) is 7.56. The Labute approximate surface area is 140 Å². The molecule has 2 aliphatic carbocycles. The molecule has 1 aromatic rings. The molecule has 3 aliphatic rings. The van der Waals surface area contributed by atoms with E-state index in [4.69, 9.17) is 0 Å². The van der Waals surface area contributed by atoms with Crippen LogP contribution in [0.25, 0.3) is 0 Å². The fourth-order valence-corrected chi connectivity index (χ4v) is 5.52. The Kier molecular flexibility index (Phi) is 3.71. The van der Waals surface area contributed by atoms with E-state index in [0.29, 0.717) is 24.9 Å². The predicted octanol–water partition coefficient (Wildman–Crippen LogP) is 3.06. The van der Waals surface area contributed by atoms with Crippen molar-refractivity contribution >= 4 is 23.2 Å². The summed E-state index contributed by atoms with van der Waals surface area (Å²) in [6.07, 6.45) is 5.47. The summed E-state index contributed by atoms with van der Waals surface area (Å²) in [5, 5.41) is 11.5. The Morgan fingerprint density at radius 3 is 2.74 bits per heavy atom. The quantitative estimate of drug-likeness (QED) is 0.925. The second kappa shape index (κ2) is 5.62. The first-order valence-corrected chi connectivity index (χ1v) is 9.54. The van der Waals surface area contributed by atoms with Crippen molar-refractivity contribution in [2.45, 2.75) is 39.0 Å². The normalized spacial score (nSPS) is 30.3. The summed E-state index contributed by atoms with van der Waals surface area (Å²) in [6.45, 7) is 3.28. The molecule has 1 aliphatic heterocycles. The Hall–Kier alpha value is -1.36. The van der Waals surface area contributed by atoms with Crippen LogP contribution in [0.15, 0.2) is 5.38 Å². The van der Waals surface area contributed by atoms with Crippen LogP contribution in [0.4, 0.5) is 0 Å². The third kappa shape index (κ3) is 2.69. The van der Waals surface area contributed by atoms with Gasteiger partial charge in [-0.3, -0.25) is 9.59 Å². The molecule has 0 spiro atoms. The highest BCUT2D eigenvalue weighted by atomic mass is 32.1. The number of carboxylic acid groups (broad SMARTS) is 1. The number of hydrogen-bond donors (Lipinski definition) is 1. The van der Waals surface area contributed by atoms with Crippen molar-refractivity contribution in [3.05, 3.63) is 21.4 Å². The Bertz CT molecular complexity index is 649. The first-order valence-electron chi connectivity index (χ1n) is 8.66. The van der Waals surface area contributed by atoms with Gasteiger partial charge in [-0.15, -0.1) is 11.3 Å². The minimum absolute atomic E-state index is 0.0615. The van der Waals surface area contributed by atoms with Crippen molar-refractivity contribution in [1.29, 1.82) is 0 Å². The van der Waals surface area contributed by atoms with Gasteiger partial charge in [0.15, 0.2) is 0 Å². The number of fused-ring (bicyclic) bond motifs is 1. The van der Waals surface area contributed by atoms with Gasteiger partial charge in [0.1, 0.15) is 0 Å². The van der Waals surface area contributed by atoms with Crippen LogP contribution in [-0.2, 0) is 17.6 Å². The SMILES string of the molecule is CC1CCc2c(C(=O)N3C[C@H](C(=O)O)[C@@H](C4CC4)C3)csc2C1. The summed E-state index contributed by atoms with van der Waals surface area (Å²) in [6, 6.07) is 0. The molecule has 23 heavy (non-hydrogen) atoms. The highest BCUT2D eigenvalue weighted by Crippen LogP contribution is 2.44. The van der Waals surface area contributed by atoms with E-state index in [1.54, 1.807) is 11.3 Å². The third-order valence-corrected chi connectivity index (χ3v) is 6.88. The van der Waals surface area contributed by atoms with Crippen LogP contribution in [-0.4, -0.2) is 35.0 Å². The number of amides is 1. The van der Waals surface area contributed by atoms with Crippen molar-refractivity contribution in [3.63, 3.8) is 0 Å². The van der Waals surface area contributed by atoms with Gasteiger partial charge in [-0.1, -0.05) is 6.92 Å². The van der Waals surface area contributed by atoms with Gasteiger partial charge in [-0.25, -0.2) is 0 Å². The fraction of sp³-hybridized carbons (Fsp3) is 0.667. The number of carbonyl (C=O) groups excluding carboxylic acids is 1. The third-order valence-electron chi connectivity index (χ3n) is 5.83. The van der Waals surface area contributed by atoms with E-state index in [9.17, 15) is 14.7 Å². The molecular weight excluding hydrogens is 310 g/mol. The van der Waals surface area contributed by atoms with Crippen molar-refractivity contribution in [2.75, 3.05) is 13.1 Å².